The van der Waals surface area contributed by atoms with Crippen molar-refractivity contribution in [3.05, 3.63) is 54.1 Å². The molecule has 2 aromatic carbocycles. The standard InChI is InChI=1S/C22H23N5O2S/c1-14(2)27-20(17-7-11-19(29-4)12-8-17)25-26-22(27)30-15(3)21(28)24-18-9-5-16(13-23)6-10-18/h5-12,14-15H,1-4H3,(H,24,28)/t15-/m0/s1. The van der Waals surface area contributed by atoms with E-state index < -0.39 is 0 Å². The van der Waals surface area contributed by atoms with Crippen LogP contribution in [-0.4, -0.2) is 33.0 Å². The lowest BCUT2D eigenvalue weighted by Gasteiger charge is -2.16. The average Bonchev–Trinajstić information content (AvgIpc) is 3.18. The molecule has 30 heavy (non-hydrogen) atoms. The molecule has 0 radical (unpaired) electrons. The third-order valence-electron chi connectivity index (χ3n) is 4.46. The van der Waals surface area contributed by atoms with Crippen molar-refractivity contribution >= 4 is 23.4 Å². The summed E-state index contributed by atoms with van der Waals surface area (Å²) < 4.78 is 7.25. The van der Waals surface area contributed by atoms with Crippen molar-refractivity contribution in [2.45, 2.75) is 37.2 Å². The van der Waals surface area contributed by atoms with Crippen molar-refractivity contribution in [3.63, 3.8) is 0 Å². The number of carbonyl (C=O) groups excluding carboxylic acids is 1. The van der Waals surface area contributed by atoms with E-state index in [2.05, 4.69) is 35.4 Å². The third-order valence-corrected chi connectivity index (χ3v) is 5.52. The molecular formula is C22H23N5O2S. The number of carbonyl (C=O) groups is 1. The van der Waals surface area contributed by atoms with Crippen LogP contribution in [0, 0.1) is 11.3 Å². The number of hydrogen-bond acceptors (Lipinski definition) is 6. The summed E-state index contributed by atoms with van der Waals surface area (Å²) >= 11 is 1.36. The van der Waals surface area contributed by atoms with E-state index in [0.717, 1.165) is 17.1 Å². The Morgan fingerprint density at radius 1 is 1.10 bits per heavy atom. The Hall–Kier alpha value is -3.31. The normalized spacial score (nSPS) is 11.7. The van der Waals surface area contributed by atoms with Gasteiger partial charge in [-0.25, -0.2) is 0 Å². The number of benzene rings is 2. The van der Waals surface area contributed by atoms with Gasteiger partial charge in [0.15, 0.2) is 11.0 Å². The third kappa shape index (κ3) is 4.81. The molecule has 8 heteroatoms. The Morgan fingerprint density at radius 2 is 1.77 bits per heavy atom. The van der Waals surface area contributed by atoms with Gasteiger partial charge in [-0.1, -0.05) is 11.8 Å². The van der Waals surface area contributed by atoms with E-state index in [1.165, 1.54) is 11.8 Å². The molecule has 0 bridgehead atoms. The van der Waals surface area contributed by atoms with Gasteiger partial charge in [-0.15, -0.1) is 10.2 Å². The second-order valence-electron chi connectivity index (χ2n) is 6.94. The Bertz CT molecular complexity index is 1050. The summed E-state index contributed by atoms with van der Waals surface area (Å²) in [7, 11) is 1.63. The number of methoxy groups -OCH3 is 1. The van der Waals surface area contributed by atoms with Crippen LogP contribution >= 0.6 is 11.8 Å². The first kappa shape index (κ1) is 21.4. The molecule has 0 aliphatic heterocycles. The van der Waals surface area contributed by atoms with E-state index in [1.54, 1.807) is 31.4 Å². The van der Waals surface area contributed by atoms with Crippen LogP contribution in [0.2, 0.25) is 0 Å². The molecule has 1 heterocycles. The van der Waals surface area contributed by atoms with Gasteiger partial charge in [0, 0.05) is 17.3 Å². The maximum absolute atomic E-state index is 12.6. The average molecular weight is 422 g/mol. The summed E-state index contributed by atoms with van der Waals surface area (Å²) in [6.07, 6.45) is 0. The van der Waals surface area contributed by atoms with Crippen LogP contribution in [0.25, 0.3) is 11.4 Å². The second kappa shape index (κ2) is 9.46. The van der Waals surface area contributed by atoms with Crippen LogP contribution < -0.4 is 10.1 Å². The fraction of sp³-hybridized carbons (Fsp3) is 0.273. The van der Waals surface area contributed by atoms with E-state index in [0.29, 0.717) is 16.4 Å². The van der Waals surface area contributed by atoms with Gasteiger partial charge in [-0.05, 0) is 69.3 Å². The minimum Gasteiger partial charge on any atom is -0.497 e. The number of anilines is 1. The molecule has 0 spiro atoms. The largest absolute Gasteiger partial charge is 0.497 e. The minimum atomic E-state index is -0.383. The number of rotatable bonds is 7. The molecule has 0 aliphatic rings. The van der Waals surface area contributed by atoms with E-state index >= 15 is 0 Å². The number of nitrogens with zero attached hydrogens (tertiary/aromatic N) is 4. The Balaban J connectivity index is 1.77. The number of aromatic nitrogens is 3. The first-order valence-corrected chi connectivity index (χ1v) is 10.4. The Morgan fingerprint density at radius 3 is 2.33 bits per heavy atom. The lowest BCUT2D eigenvalue weighted by molar-refractivity contribution is -0.115. The molecule has 3 aromatic rings. The Kier molecular flexibility index (Phi) is 6.75. The summed E-state index contributed by atoms with van der Waals surface area (Å²) in [6, 6.07) is 16.6. The Labute approximate surface area is 180 Å². The molecule has 0 fully saturated rings. The quantitative estimate of drug-likeness (QED) is 0.564. The zero-order valence-corrected chi connectivity index (χ0v) is 18.1. The van der Waals surface area contributed by atoms with Crippen LogP contribution in [0.1, 0.15) is 32.4 Å². The molecule has 1 atom stereocenters. The van der Waals surface area contributed by atoms with Gasteiger partial charge in [0.25, 0.3) is 0 Å². The van der Waals surface area contributed by atoms with Crippen molar-refractivity contribution < 1.29 is 9.53 Å². The molecule has 7 nitrogen and oxygen atoms in total. The van der Waals surface area contributed by atoms with Crippen LogP contribution in [0.4, 0.5) is 5.69 Å². The molecular weight excluding hydrogens is 398 g/mol. The maximum Gasteiger partial charge on any atom is 0.237 e. The molecule has 1 aromatic heterocycles. The van der Waals surface area contributed by atoms with Gasteiger partial charge in [0.2, 0.25) is 5.91 Å². The smallest absolute Gasteiger partial charge is 0.237 e. The topological polar surface area (TPSA) is 92.8 Å². The number of thioether (sulfide) groups is 1. The number of ether oxygens (including phenoxy) is 1. The lowest BCUT2D eigenvalue weighted by Crippen LogP contribution is -2.23. The predicted octanol–water partition coefficient (Wildman–Crippen LogP) is 4.53. The van der Waals surface area contributed by atoms with Crippen LogP contribution in [0.3, 0.4) is 0 Å². The molecule has 154 valence electrons. The number of nitriles is 1. The molecule has 0 aliphatic carbocycles. The van der Waals surface area contributed by atoms with Crippen molar-refractivity contribution in [1.29, 1.82) is 5.26 Å². The minimum absolute atomic E-state index is 0.119. The van der Waals surface area contributed by atoms with Crippen molar-refractivity contribution in [3.8, 4) is 23.2 Å². The zero-order chi connectivity index (χ0) is 21.7. The number of nitrogens with one attached hydrogen (secondary N) is 1. The first-order chi connectivity index (χ1) is 14.4. The van der Waals surface area contributed by atoms with E-state index in [-0.39, 0.29) is 17.2 Å². The highest BCUT2D eigenvalue weighted by atomic mass is 32.2. The molecule has 1 N–H and O–H groups in total. The molecule has 0 saturated carbocycles. The lowest BCUT2D eigenvalue weighted by atomic mass is 10.2. The molecule has 3 rings (SSSR count). The van der Waals surface area contributed by atoms with Gasteiger partial charge in [-0.2, -0.15) is 5.26 Å². The van der Waals surface area contributed by atoms with Gasteiger partial charge >= 0.3 is 0 Å². The van der Waals surface area contributed by atoms with Crippen molar-refractivity contribution in [2.24, 2.45) is 0 Å². The predicted molar refractivity (Wildman–Crippen MR) is 118 cm³/mol. The molecule has 0 unspecified atom stereocenters. The van der Waals surface area contributed by atoms with Crippen molar-refractivity contribution in [1.82, 2.24) is 14.8 Å². The maximum atomic E-state index is 12.6. The van der Waals surface area contributed by atoms with E-state index in [4.69, 9.17) is 10.00 Å². The van der Waals surface area contributed by atoms with Crippen LogP contribution in [0.5, 0.6) is 5.75 Å². The second-order valence-corrected chi connectivity index (χ2v) is 8.24. The number of hydrogen-bond donors (Lipinski definition) is 1. The summed E-state index contributed by atoms with van der Waals surface area (Å²) in [5.74, 6) is 1.38. The molecule has 1 amide bonds. The highest BCUT2D eigenvalue weighted by molar-refractivity contribution is 8.00. The van der Waals surface area contributed by atoms with Gasteiger partial charge in [0.05, 0.1) is 24.0 Å². The SMILES string of the molecule is COc1ccc(-c2nnc(S[C@@H](C)C(=O)Nc3ccc(C#N)cc3)n2C(C)C)cc1. The van der Waals surface area contributed by atoms with E-state index in [1.807, 2.05) is 35.8 Å². The summed E-state index contributed by atoms with van der Waals surface area (Å²) in [5.41, 5.74) is 2.13. The highest BCUT2D eigenvalue weighted by Crippen LogP contribution is 2.31. The summed E-state index contributed by atoms with van der Waals surface area (Å²) in [6.45, 7) is 5.94. The fourth-order valence-electron chi connectivity index (χ4n) is 2.84. The van der Waals surface area contributed by atoms with Crippen LogP contribution in [-0.2, 0) is 4.79 Å². The highest BCUT2D eigenvalue weighted by Gasteiger charge is 2.22. The van der Waals surface area contributed by atoms with Gasteiger partial charge in [-0.3, -0.25) is 9.36 Å². The zero-order valence-electron chi connectivity index (χ0n) is 17.3. The number of amides is 1. The monoisotopic (exact) mass is 421 g/mol. The van der Waals surface area contributed by atoms with E-state index in [9.17, 15) is 4.79 Å². The van der Waals surface area contributed by atoms with Gasteiger partial charge in [0.1, 0.15) is 5.75 Å². The summed E-state index contributed by atoms with van der Waals surface area (Å²) in [4.78, 5) is 12.6. The van der Waals surface area contributed by atoms with Gasteiger partial charge < -0.3 is 10.1 Å². The fourth-order valence-corrected chi connectivity index (χ4v) is 3.82. The first-order valence-electron chi connectivity index (χ1n) is 9.50. The summed E-state index contributed by atoms with van der Waals surface area (Å²) in [5, 5.41) is 20.8. The van der Waals surface area contributed by atoms with Crippen molar-refractivity contribution in [2.75, 3.05) is 12.4 Å². The molecule has 0 saturated heterocycles. The van der Waals surface area contributed by atoms with Crippen LogP contribution in [0.15, 0.2) is 53.7 Å².